The van der Waals surface area contributed by atoms with Gasteiger partial charge in [0.2, 0.25) is 0 Å². The minimum atomic E-state index is -1.21. The van der Waals surface area contributed by atoms with Crippen molar-refractivity contribution in [1.82, 2.24) is 0 Å². The Morgan fingerprint density at radius 3 is 1.63 bits per heavy atom. The lowest BCUT2D eigenvalue weighted by Crippen LogP contribution is -2.32. The van der Waals surface area contributed by atoms with Gasteiger partial charge in [-0.25, -0.2) is 0 Å². The molecule has 0 spiro atoms. The van der Waals surface area contributed by atoms with Gasteiger partial charge >= 0.3 is 0 Å². The molecular formula is C16H26O2S. The minimum Gasteiger partial charge on any atom is -0.448 e. The summed E-state index contributed by atoms with van der Waals surface area (Å²) in [7, 11) is -1.21. The molecule has 0 fully saturated rings. The first kappa shape index (κ1) is 16.1. The zero-order valence-electron chi connectivity index (χ0n) is 12.8. The van der Waals surface area contributed by atoms with Crippen LogP contribution in [-0.4, -0.2) is 22.0 Å². The molecule has 0 aliphatic carbocycles. The molecule has 108 valence electrons. The molecule has 1 aromatic rings. The van der Waals surface area contributed by atoms with Crippen LogP contribution in [-0.2, 0) is 0 Å². The standard InChI is InChI=1S/C16H26O2S/c1-12(2)19(13(3)4,14(5)6)18-16-9-7-15(11-17)8-10-16/h7-14H,1-6H3. The summed E-state index contributed by atoms with van der Waals surface area (Å²) in [6.45, 7) is 13.5. The second kappa shape index (κ2) is 6.47. The Bertz CT molecular complexity index is 385. The summed E-state index contributed by atoms with van der Waals surface area (Å²) in [5.74, 6) is 0.872. The Hall–Kier alpha value is -0.960. The zero-order valence-corrected chi connectivity index (χ0v) is 13.7. The predicted molar refractivity (Wildman–Crippen MR) is 85.5 cm³/mol. The van der Waals surface area contributed by atoms with Crippen LogP contribution in [0.25, 0.3) is 0 Å². The third-order valence-corrected chi connectivity index (χ3v) is 8.37. The van der Waals surface area contributed by atoms with E-state index in [2.05, 4.69) is 41.5 Å². The first-order valence-corrected chi connectivity index (χ1v) is 8.64. The number of rotatable bonds is 6. The fourth-order valence-corrected chi connectivity index (χ4v) is 6.98. The minimum absolute atomic E-state index is 0.498. The van der Waals surface area contributed by atoms with Gasteiger partial charge in [0.25, 0.3) is 0 Å². The Balaban J connectivity index is 3.09. The number of benzene rings is 1. The van der Waals surface area contributed by atoms with Crippen molar-refractivity contribution < 1.29 is 8.98 Å². The number of carbonyl (C=O) groups excluding carboxylic acids is 1. The Morgan fingerprint density at radius 1 is 0.895 bits per heavy atom. The molecule has 0 atom stereocenters. The van der Waals surface area contributed by atoms with Gasteiger partial charge in [-0.1, -0.05) is 51.9 Å². The van der Waals surface area contributed by atoms with Crippen LogP contribution in [0.2, 0.25) is 0 Å². The van der Waals surface area contributed by atoms with Crippen LogP contribution in [0, 0.1) is 0 Å². The molecule has 2 nitrogen and oxygen atoms in total. The lowest BCUT2D eigenvalue weighted by molar-refractivity contribution is 0.112. The highest BCUT2D eigenvalue weighted by molar-refractivity contribution is 8.31. The summed E-state index contributed by atoms with van der Waals surface area (Å²) in [4.78, 5) is 10.7. The summed E-state index contributed by atoms with van der Waals surface area (Å²) in [5.41, 5.74) is 0.687. The van der Waals surface area contributed by atoms with Crippen LogP contribution in [0.1, 0.15) is 51.9 Å². The maximum Gasteiger partial charge on any atom is 0.150 e. The number of hydrogen-bond donors (Lipinski definition) is 0. The number of aldehydes is 1. The second-order valence-corrected chi connectivity index (χ2v) is 10.0. The van der Waals surface area contributed by atoms with Crippen molar-refractivity contribution in [1.29, 1.82) is 0 Å². The largest absolute Gasteiger partial charge is 0.448 e. The van der Waals surface area contributed by atoms with E-state index in [1.807, 2.05) is 24.3 Å². The summed E-state index contributed by atoms with van der Waals surface area (Å²) < 4.78 is 6.45. The van der Waals surface area contributed by atoms with E-state index in [1.165, 1.54) is 0 Å². The molecule has 0 N–H and O–H groups in total. The molecule has 19 heavy (non-hydrogen) atoms. The van der Waals surface area contributed by atoms with E-state index in [4.69, 9.17) is 4.18 Å². The third kappa shape index (κ3) is 3.33. The molecule has 0 saturated carbocycles. The molecule has 1 rings (SSSR count). The normalized spacial score (nSPS) is 13.1. The van der Waals surface area contributed by atoms with Crippen molar-refractivity contribution in [2.24, 2.45) is 0 Å². The van der Waals surface area contributed by atoms with Gasteiger partial charge in [0.05, 0.1) is 0 Å². The van der Waals surface area contributed by atoms with Crippen molar-refractivity contribution in [3.8, 4) is 5.75 Å². The molecule has 3 heteroatoms. The molecule has 0 heterocycles. The first-order chi connectivity index (χ1) is 8.84. The second-order valence-electron chi connectivity index (χ2n) is 5.61. The summed E-state index contributed by atoms with van der Waals surface area (Å²) in [6.07, 6.45) is 0.858. The average molecular weight is 282 g/mol. The van der Waals surface area contributed by atoms with Gasteiger partial charge in [0, 0.05) is 21.3 Å². The zero-order chi connectivity index (χ0) is 14.6. The summed E-state index contributed by atoms with van der Waals surface area (Å²) in [6, 6.07) is 7.43. The van der Waals surface area contributed by atoms with Crippen LogP contribution in [0.5, 0.6) is 5.75 Å². The van der Waals surface area contributed by atoms with Gasteiger partial charge < -0.3 is 4.18 Å². The van der Waals surface area contributed by atoms with E-state index in [9.17, 15) is 4.79 Å². The maximum atomic E-state index is 10.7. The van der Waals surface area contributed by atoms with Gasteiger partial charge in [-0.2, -0.15) is 0 Å². The van der Waals surface area contributed by atoms with Crippen molar-refractivity contribution in [2.45, 2.75) is 57.3 Å². The molecule has 0 aliphatic rings. The topological polar surface area (TPSA) is 26.3 Å². The van der Waals surface area contributed by atoms with Crippen LogP contribution in [0.15, 0.2) is 24.3 Å². The lowest BCUT2D eigenvalue weighted by atomic mass is 10.2. The predicted octanol–water partition coefficient (Wildman–Crippen LogP) is 4.82. The summed E-state index contributed by atoms with van der Waals surface area (Å²) in [5, 5.41) is 1.50. The molecule has 0 bridgehead atoms. The van der Waals surface area contributed by atoms with E-state index < -0.39 is 10.3 Å². The molecule has 1 aromatic carbocycles. The maximum absolute atomic E-state index is 10.7. The first-order valence-electron chi connectivity index (χ1n) is 6.89. The van der Waals surface area contributed by atoms with Crippen LogP contribution >= 0.6 is 10.3 Å². The lowest BCUT2D eigenvalue weighted by Gasteiger charge is -2.50. The molecular weight excluding hydrogens is 256 g/mol. The van der Waals surface area contributed by atoms with E-state index in [0.717, 1.165) is 12.0 Å². The van der Waals surface area contributed by atoms with Crippen molar-refractivity contribution >= 4 is 16.6 Å². The van der Waals surface area contributed by atoms with E-state index >= 15 is 0 Å². The highest BCUT2D eigenvalue weighted by Crippen LogP contribution is 2.60. The van der Waals surface area contributed by atoms with Crippen LogP contribution < -0.4 is 4.18 Å². The Labute approximate surface area is 119 Å². The molecule has 0 saturated heterocycles. The van der Waals surface area contributed by atoms with E-state index in [-0.39, 0.29) is 0 Å². The fraction of sp³-hybridized carbons (Fsp3) is 0.562. The fourth-order valence-electron chi connectivity index (χ4n) is 2.69. The Morgan fingerprint density at radius 2 is 1.32 bits per heavy atom. The van der Waals surface area contributed by atoms with Crippen molar-refractivity contribution in [3.63, 3.8) is 0 Å². The molecule has 0 unspecified atom stereocenters. The van der Waals surface area contributed by atoms with Crippen molar-refractivity contribution in [2.75, 3.05) is 0 Å². The molecule has 0 aliphatic heterocycles. The smallest absolute Gasteiger partial charge is 0.150 e. The van der Waals surface area contributed by atoms with Crippen LogP contribution in [0.4, 0.5) is 0 Å². The third-order valence-electron chi connectivity index (χ3n) is 3.47. The SMILES string of the molecule is CC(C)S(Oc1ccc(C=O)cc1)(C(C)C)C(C)C. The van der Waals surface area contributed by atoms with Gasteiger partial charge in [0.15, 0.2) is 0 Å². The van der Waals surface area contributed by atoms with Gasteiger partial charge in [0.1, 0.15) is 12.0 Å². The molecule has 0 aromatic heterocycles. The number of carbonyl (C=O) groups is 1. The molecule has 0 radical (unpaired) electrons. The average Bonchev–Trinajstić information content (AvgIpc) is 2.35. The van der Waals surface area contributed by atoms with E-state index in [1.54, 1.807) is 0 Å². The van der Waals surface area contributed by atoms with Gasteiger partial charge in [-0.05, 0) is 24.3 Å². The van der Waals surface area contributed by atoms with Crippen LogP contribution in [0.3, 0.4) is 0 Å². The highest BCUT2D eigenvalue weighted by Gasteiger charge is 2.37. The van der Waals surface area contributed by atoms with E-state index in [0.29, 0.717) is 21.3 Å². The summed E-state index contributed by atoms with van der Waals surface area (Å²) >= 11 is 0. The van der Waals surface area contributed by atoms with Crippen molar-refractivity contribution in [3.05, 3.63) is 29.8 Å². The Kier molecular flexibility index (Phi) is 5.48. The quantitative estimate of drug-likeness (QED) is 0.699. The highest BCUT2D eigenvalue weighted by atomic mass is 32.3. The monoisotopic (exact) mass is 282 g/mol. The van der Waals surface area contributed by atoms with Gasteiger partial charge in [-0.15, -0.1) is 0 Å². The van der Waals surface area contributed by atoms with Gasteiger partial charge in [-0.3, -0.25) is 4.79 Å². The molecule has 0 amide bonds. The number of hydrogen-bond acceptors (Lipinski definition) is 2.